The van der Waals surface area contributed by atoms with Crippen LogP contribution in [0.25, 0.3) is 0 Å². The Morgan fingerprint density at radius 2 is 1.69 bits per heavy atom. The van der Waals surface area contributed by atoms with Crippen LogP contribution in [-0.2, 0) is 4.74 Å². The zero-order valence-corrected chi connectivity index (χ0v) is 19.6. The van der Waals surface area contributed by atoms with Crippen LogP contribution in [0.1, 0.15) is 36.0 Å². The monoisotopic (exact) mass is 492 g/mol. The first-order valence-electron chi connectivity index (χ1n) is 9.19. The topological polar surface area (TPSA) is 93.7 Å². The fraction of sp³-hybridized carbons (Fsp3) is 0.136. The standard InChI is InChI=1S/C22H18Cl2N2O5S/c1-11-16(22(29)31-3)21(26-19(27)12-6-4-7-13(10-12)30-2)32-18(11)20(28)25-15-9-5-8-14(23)17(15)24/h4-10H,1-3H3,(H,25,28)(H,26,27). The number of carbonyl (C=O) groups excluding carboxylic acids is 3. The average Bonchev–Trinajstić information content (AvgIpc) is 3.12. The second kappa shape index (κ2) is 10.0. The average molecular weight is 493 g/mol. The molecule has 7 nitrogen and oxygen atoms in total. The van der Waals surface area contributed by atoms with Gasteiger partial charge in [-0.05, 0) is 42.8 Å². The molecule has 2 amide bonds. The second-order valence-corrected chi connectivity index (χ2v) is 8.30. The fourth-order valence-electron chi connectivity index (χ4n) is 2.88. The fourth-order valence-corrected chi connectivity index (χ4v) is 4.32. The Labute approximate surface area is 198 Å². The maximum absolute atomic E-state index is 12.9. The molecule has 2 N–H and O–H groups in total. The van der Waals surface area contributed by atoms with Crippen molar-refractivity contribution in [1.82, 2.24) is 0 Å². The summed E-state index contributed by atoms with van der Waals surface area (Å²) in [7, 11) is 2.71. The zero-order chi connectivity index (χ0) is 23.4. The number of anilines is 2. The van der Waals surface area contributed by atoms with E-state index in [9.17, 15) is 14.4 Å². The molecule has 2 aromatic carbocycles. The molecule has 0 unspecified atom stereocenters. The summed E-state index contributed by atoms with van der Waals surface area (Å²) in [4.78, 5) is 38.3. The van der Waals surface area contributed by atoms with Gasteiger partial charge in [0.2, 0.25) is 0 Å². The van der Waals surface area contributed by atoms with Gasteiger partial charge in [0.15, 0.2) is 0 Å². The molecule has 0 bridgehead atoms. The lowest BCUT2D eigenvalue weighted by Gasteiger charge is -2.07. The molecule has 0 saturated heterocycles. The number of ether oxygens (including phenoxy) is 2. The highest BCUT2D eigenvalue weighted by molar-refractivity contribution is 7.19. The number of benzene rings is 2. The molecular weight excluding hydrogens is 475 g/mol. The van der Waals surface area contributed by atoms with E-state index in [0.717, 1.165) is 11.3 Å². The van der Waals surface area contributed by atoms with Gasteiger partial charge in [-0.3, -0.25) is 9.59 Å². The first-order valence-corrected chi connectivity index (χ1v) is 10.8. The summed E-state index contributed by atoms with van der Waals surface area (Å²) < 4.78 is 9.99. The van der Waals surface area contributed by atoms with Gasteiger partial charge < -0.3 is 20.1 Å². The number of rotatable bonds is 6. The normalized spacial score (nSPS) is 10.4. The van der Waals surface area contributed by atoms with Gasteiger partial charge in [0.05, 0.1) is 40.4 Å². The van der Waals surface area contributed by atoms with E-state index in [-0.39, 0.29) is 25.5 Å². The van der Waals surface area contributed by atoms with Gasteiger partial charge in [0.25, 0.3) is 11.8 Å². The lowest BCUT2D eigenvalue weighted by Crippen LogP contribution is -2.14. The van der Waals surface area contributed by atoms with Gasteiger partial charge in [-0.1, -0.05) is 35.3 Å². The SMILES string of the molecule is COC(=O)c1c(NC(=O)c2cccc(OC)c2)sc(C(=O)Nc2cccc(Cl)c2Cl)c1C. The van der Waals surface area contributed by atoms with Crippen molar-refractivity contribution in [3.63, 3.8) is 0 Å². The Morgan fingerprint density at radius 1 is 0.969 bits per heavy atom. The third kappa shape index (κ3) is 4.88. The van der Waals surface area contributed by atoms with Crippen LogP contribution in [0.2, 0.25) is 10.0 Å². The van der Waals surface area contributed by atoms with Crippen LogP contribution < -0.4 is 15.4 Å². The number of esters is 1. The molecule has 3 rings (SSSR count). The van der Waals surface area contributed by atoms with Crippen molar-refractivity contribution in [2.75, 3.05) is 24.9 Å². The number of amides is 2. The van der Waals surface area contributed by atoms with E-state index in [1.54, 1.807) is 49.4 Å². The maximum Gasteiger partial charge on any atom is 0.341 e. The highest BCUT2D eigenvalue weighted by Gasteiger charge is 2.27. The van der Waals surface area contributed by atoms with Gasteiger partial charge in [-0.25, -0.2) is 4.79 Å². The summed E-state index contributed by atoms with van der Waals surface area (Å²) in [6.07, 6.45) is 0. The Bertz CT molecular complexity index is 1210. The van der Waals surface area contributed by atoms with Crippen molar-refractivity contribution >= 4 is 63.0 Å². The molecule has 0 spiro atoms. The highest BCUT2D eigenvalue weighted by atomic mass is 35.5. The summed E-state index contributed by atoms with van der Waals surface area (Å²) in [6, 6.07) is 11.4. The molecule has 32 heavy (non-hydrogen) atoms. The minimum absolute atomic E-state index is 0.0936. The molecule has 166 valence electrons. The summed E-state index contributed by atoms with van der Waals surface area (Å²) in [5, 5.41) is 6.03. The van der Waals surface area contributed by atoms with Crippen LogP contribution in [0.5, 0.6) is 5.75 Å². The van der Waals surface area contributed by atoms with E-state index >= 15 is 0 Å². The molecule has 0 saturated carbocycles. The van der Waals surface area contributed by atoms with Gasteiger partial charge in [0.1, 0.15) is 10.8 Å². The van der Waals surface area contributed by atoms with Crippen LogP contribution in [0, 0.1) is 6.92 Å². The zero-order valence-electron chi connectivity index (χ0n) is 17.2. The molecule has 0 aliphatic heterocycles. The molecule has 0 atom stereocenters. The minimum Gasteiger partial charge on any atom is -0.497 e. The number of nitrogens with one attached hydrogen (secondary N) is 2. The summed E-state index contributed by atoms with van der Waals surface area (Å²) in [5.41, 5.74) is 1.09. The molecule has 0 fully saturated rings. The molecule has 1 aromatic heterocycles. The molecule has 0 aliphatic carbocycles. The number of halogens is 2. The van der Waals surface area contributed by atoms with E-state index in [0.29, 0.717) is 22.6 Å². The first kappa shape index (κ1) is 23.6. The molecular formula is C22H18Cl2N2O5S. The second-order valence-electron chi connectivity index (χ2n) is 6.49. The number of thiophene rings is 1. The van der Waals surface area contributed by atoms with Crippen LogP contribution >= 0.6 is 34.5 Å². The minimum atomic E-state index is -0.681. The highest BCUT2D eigenvalue weighted by Crippen LogP contribution is 2.36. The van der Waals surface area contributed by atoms with E-state index in [1.807, 2.05) is 0 Å². The largest absolute Gasteiger partial charge is 0.497 e. The van der Waals surface area contributed by atoms with Gasteiger partial charge >= 0.3 is 5.97 Å². The number of hydrogen-bond donors (Lipinski definition) is 2. The lowest BCUT2D eigenvalue weighted by molar-refractivity contribution is 0.0601. The van der Waals surface area contributed by atoms with Crippen molar-refractivity contribution in [1.29, 1.82) is 0 Å². The predicted molar refractivity (Wildman–Crippen MR) is 126 cm³/mol. The number of carbonyl (C=O) groups is 3. The quantitative estimate of drug-likeness (QED) is 0.432. The van der Waals surface area contributed by atoms with Gasteiger partial charge in [-0.15, -0.1) is 11.3 Å². The molecule has 0 radical (unpaired) electrons. The Balaban J connectivity index is 1.95. The van der Waals surface area contributed by atoms with Crippen molar-refractivity contribution in [2.24, 2.45) is 0 Å². The first-order chi connectivity index (χ1) is 15.3. The Morgan fingerprint density at radius 3 is 2.38 bits per heavy atom. The summed E-state index contributed by atoms with van der Waals surface area (Å²) in [6.45, 7) is 1.60. The van der Waals surface area contributed by atoms with Crippen molar-refractivity contribution in [2.45, 2.75) is 6.92 Å². The predicted octanol–water partition coefficient (Wildman–Crippen LogP) is 5.66. The molecule has 3 aromatic rings. The summed E-state index contributed by atoms with van der Waals surface area (Å²) in [5.74, 6) is -1.16. The van der Waals surface area contributed by atoms with E-state index in [4.69, 9.17) is 32.7 Å². The van der Waals surface area contributed by atoms with Crippen molar-refractivity contribution in [3.05, 3.63) is 74.1 Å². The summed E-state index contributed by atoms with van der Waals surface area (Å²) >= 11 is 13.1. The third-order valence-corrected chi connectivity index (χ3v) is 6.53. The Hall–Kier alpha value is -3.07. The smallest absolute Gasteiger partial charge is 0.341 e. The van der Waals surface area contributed by atoms with Crippen molar-refractivity contribution < 1.29 is 23.9 Å². The van der Waals surface area contributed by atoms with Crippen LogP contribution in [-0.4, -0.2) is 32.0 Å². The maximum atomic E-state index is 12.9. The van der Waals surface area contributed by atoms with Crippen LogP contribution in [0.15, 0.2) is 42.5 Å². The molecule has 1 heterocycles. The van der Waals surface area contributed by atoms with Gasteiger partial charge in [-0.2, -0.15) is 0 Å². The van der Waals surface area contributed by atoms with Gasteiger partial charge in [0, 0.05) is 5.56 Å². The van der Waals surface area contributed by atoms with Crippen LogP contribution in [0.4, 0.5) is 10.7 Å². The molecule has 0 aliphatic rings. The van der Waals surface area contributed by atoms with E-state index in [2.05, 4.69) is 10.6 Å². The lowest BCUT2D eigenvalue weighted by atomic mass is 10.1. The number of methoxy groups -OCH3 is 2. The van der Waals surface area contributed by atoms with E-state index < -0.39 is 17.8 Å². The third-order valence-electron chi connectivity index (χ3n) is 4.50. The Kier molecular flexibility index (Phi) is 7.40. The van der Waals surface area contributed by atoms with E-state index in [1.165, 1.54) is 14.2 Å². The molecule has 10 heteroatoms. The van der Waals surface area contributed by atoms with Crippen molar-refractivity contribution in [3.8, 4) is 5.75 Å². The van der Waals surface area contributed by atoms with Crippen LogP contribution in [0.3, 0.4) is 0 Å². The number of hydrogen-bond acceptors (Lipinski definition) is 6.